The topological polar surface area (TPSA) is 107 Å². The summed E-state index contributed by atoms with van der Waals surface area (Å²) in [4.78, 5) is 35.9. The SMILES string of the molecule is CCCCOC(=O)[C@H](CCS(C)(=O)=O)NC(=O)C1CCC(SC(C)=O)C1. The molecule has 1 amide bonds. The molecule has 1 N–H and O–H groups in total. The number of hydrogen-bond acceptors (Lipinski definition) is 7. The van der Waals surface area contributed by atoms with E-state index < -0.39 is 21.8 Å². The van der Waals surface area contributed by atoms with Crippen LogP contribution >= 0.6 is 11.8 Å². The molecule has 0 radical (unpaired) electrons. The van der Waals surface area contributed by atoms with Gasteiger partial charge in [0.25, 0.3) is 0 Å². The van der Waals surface area contributed by atoms with Gasteiger partial charge in [0.05, 0.1) is 12.4 Å². The predicted octanol–water partition coefficient (Wildman–Crippen LogP) is 1.70. The first kappa shape index (κ1) is 23.0. The van der Waals surface area contributed by atoms with Crippen molar-refractivity contribution in [3.05, 3.63) is 0 Å². The van der Waals surface area contributed by atoms with E-state index in [1.165, 1.54) is 18.7 Å². The van der Waals surface area contributed by atoms with Crippen LogP contribution in [0.5, 0.6) is 0 Å². The van der Waals surface area contributed by atoms with Crippen LogP contribution in [0.4, 0.5) is 0 Å². The second kappa shape index (κ2) is 10.9. The third-order valence-corrected chi connectivity index (χ3v) is 6.28. The highest BCUT2D eigenvalue weighted by atomic mass is 32.2. The fourth-order valence-electron chi connectivity index (χ4n) is 2.81. The number of carbonyl (C=O) groups excluding carboxylic acids is 3. The summed E-state index contributed by atoms with van der Waals surface area (Å²) in [5, 5.41) is 2.81. The van der Waals surface area contributed by atoms with E-state index in [0.717, 1.165) is 19.1 Å². The Morgan fingerprint density at radius 2 is 1.96 bits per heavy atom. The first-order valence-corrected chi connectivity index (χ1v) is 11.9. The van der Waals surface area contributed by atoms with Crippen LogP contribution < -0.4 is 5.32 Å². The quantitative estimate of drug-likeness (QED) is 0.434. The number of unbranched alkanes of at least 4 members (excludes halogenated alkanes) is 1. The lowest BCUT2D eigenvalue weighted by Crippen LogP contribution is -2.45. The van der Waals surface area contributed by atoms with Gasteiger partial charge in [0.2, 0.25) is 5.91 Å². The van der Waals surface area contributed by atoms with Crippen molar-refractivity contribution in [2.75, 3.05) is 18.6 Å². The molecule has 1 aliphatic rings. The Hall–Kier alpha value is -1.09. The Kier molecular flexibility index (Phi) is 9.63. The summed E-state index contributed by atoms with van der Waals surface area (Å²) in [6.07, 6.45) is 4.68. The molecule has 1 saturated carbocycles. The summed E-state index contributed by atoms with van der Waals surface area (Å²) >= 11 is 1.25. The van der Waals surface area contributed by atoms with E-state index >= 15 is 0 Å². The van der Waals surface area contributed by atoms with Gasteiger partial charge in [-0.2, -0.15) is 0 Å². The van der Waals surface area contributed by atoms with Crippen LogP contribution in [0.3, 0.4) is 0 Å². The van der Waals surface area contributed by atoms with Crippen LogP contribution in [0.2, 0.25) is 0 Å². The van der Waals surface area contributed by atoms with Gasteiger partial charge in [0, 0.05) is 24.3 Å². The molecule has 0 aromatic carbocycles. The number of amides is 1. The summed E-state index contributed by atoms with van der Waals surface area (Å²) in [6.45, 7) is 3.72. The summed E-state index contributed by atoms with van der Waals surface area (Å²) in [5.41, 5.74) is 0. The van der Waals surface area contributed by atoms with E-state index in [-0.39, 0.29) is 41.0 Å². The fraction of sp³-hybridized carbons (Fsp3) is 0.824. The van der Waals surface area contributed by atoms with E-state index in [9.17, 15) is 22.8 Å². The van der Waals surface area contributed by atoms with Crippen molar-refractivity contribution in [2.45, 2.75) is 63.7 Å². The Morgan fingerprint density at radius 3 is 2.54 bits per heavy atom. The number of carbonyl (C=O) groups is 3. The highest BCUT2D eigenvalue weighted by molar-refractivity contribution is 8.14. The molecule has 0 heterocycles. The first-order valence-electron chi connectivity index (χ1n) is 8.94. The van der Waals surface area contributed by atoms with E-state index in [0.29, 0.717) is 19.3 Å². The number of hydrogen-bond donors (Lipinski definition) is 1. The molecular weight excluding hydrogens is 378 g/mol. The smallest absolute Gasteiger partial charge is 0.328 e. The van der Waals surface area contributed by atoms with Crippen LogP contribution in [-0.4, -0.2) is 55.3 Å². The Morgan fingerprint density at radius 1 is 1.27 bits per heavy atom. The lowest BCUT2D eigenvalue weighted by Gasteiger charge is -2.19. The van der Waals surface area contributed by atoms with Crippen molar-refractivity contribution in [1.29, 1.82) is 0 Å². The Labute approximate surface area is 159 Å². The van der Waals surface area contributed by atoms with Crippen LogP contribution in [0.15, 0.2) is 0 Å². The van der Waals surface area contributed by atoms with Gasteiger partial charge in [0.15, 0.2) is 5.12 Å². The molecule has 26 heavy (non-hydrogen) atoms. The van der Waals surface area contributed by atoms with Crippen molar-refractivity contribution in [3.8, 4) is 0 Å². The number of nitrogens with one attached hydrogen (secondary N) is 1. The Bertz CT molecular complexity index is 604. The van der Waals surface area contributed by atoms with E-state index in [1.807, 2.05) is 6.92 Å². The van der Waals surface area contributed by atoms with E-state index in [2.05, 4.69) is 5.32 Å². The molecule has 1 rings (SSSR count). The average Bonchev–Trinajstić information content (AvgIpc) is 2.98. The highest BCUT2D eigenvalue weighted by Crippen LogP contribution is 2.34. The summed E-state index contributed by atoms with van der Waals surface area (Å²) < 4.78 is 28.0. The van der Waals surface area contributed by atoms with Gasteiger partial charge in [-0.1, -0.05) is 25.1 Å². The molecular formula is C17H29NO6S2. The maximum Gasteiger partial charge on any atom is 0.328 e. The van der Waals surface area contributed by atoms with Crippen molar-refractivity contribution < 1.29 is 27.5 Å². The average molecular weight is 408 g/mol. The second-order valence-electron chi connectivity index (χ2n) is 6.74. The summed E-state index contributed by atoms with van der Waals surface area (Å²) in [5.74, 6) is -1.34. The second-order valence-corrected chi connectivity index (χ2v) is 10.5. The number of rotatable bonds is 10. The lowest BCUT2D eigenvalue weighted by atomic mass is 10.1. The molecule has 0 aliphatic heterocycles. The third kappa shape index (κ3) is 9.02. The molecule has 0 aromatic rings. The number of thioether (sulfide) groups is 1. The Balaban J connectivity index is 2.63. The summed E-state index contributed by atoms with van der Waals surface area (Å²) in [7, 11) is -3.25. The minimum atomic E-state index is -3.25. The normalized spacial score (nSPS) is 21.2. The molecule has 3 atom stereocenters. The van der Waals surface area contributed by atoms with Crippen LogP contribution in [0, 0.1) is 5.92 Å². The highest BCUT2D eigenvalue weighted by Gasteiger charge is 2.33. The standard InChI is InChI=1S/C17H29NO6S2/c1-4-5-9-24-17(21)15(8-10-26(3,22)23)18-16(20)13-6-7-14(11-13)25-12(2)19/h13-15H,4-11H2,1-3H3,(H,18,20)/t13?,14?,15-/m0/s1. The largest absolute Gasteiger partial charge is 0.464 e. The maximum absolute atomic E-state index is 12.5. The molecule has 2 unspecified atom stereocenters. The van der Waals surface area contributed by atoms with Gasteiger partial charge < -0.3 is 10.1 Å². The first-order chi connectivity index (χ1) is 12.1. The number of sulfone groups is 1. The zero-order valence-electron chi connectivity index (χ0n) is 15.7. The van der Waals surface area contributed by atoms with Crippen molar-refractivity contribution >= 4 is 38.6 Å². The molecule has 0 spiro atoms. The summed E-state index contributed by atoms with van der Waals surface area (Å²) in [6, 6.07) is -0.964. The maximum atomic E-state index is 12.5. The van der Waals surface area contributed by atoms with Gasteiger partial charge in [-0.3, -0.25) is 9.59 Å². The molecule has 0 bridgehead atoms. The fourth-order valence-corrected chi connectivity index (χ4v) is 4.52. The minimum absolute atomic E-state index is 0.00608. The monoisotopic (exact) mass is 407 g/mol. The minimum Gasteiger partial charge on any atom is -0.464 e. The third-order valence-electron chi connectivity index (χ3n) is 4.21. The molecule has 1 fully saturated rings. The molecule has 150 valence electrons. The van der Waals surface area contributed by atoms with E-state index in [1.54, 1.807) is 0 Å². The molecule has 7 nitrogen and oxygen atoms in total. The van der Waals surface area contributed by atoms with Crippen molar-refractivity contribution in [2.24, 2.45) is 5.92 Å². The lowest BCUT2D eigenvalue weighted by molar-refractivity contribution is -0.148. The van der Waals surface area contributed by atoms with Gasteiger partial charge >= 0.3 is 5.97 Å². The van der Waals surface area contributed by atoms with Gasteiger partial charge in [0.1, 0.15) is 15.9 Å². The van der Waals surface area contributed by atoms with Crippen molar-refractivity contribution in [1.82, 2.24) is 5.32 Å². The van der Waals surface area contributed by atoms with Crippen LogP contribution in [0.25, 0.3) is 0 Å². The van der Waals surface area contributed by atoms with E-state index in [4.69, 9.17) is 4.74 Å². The van der Waals surface area contributed by atoms with Crippen LogP contribution in [0.1, 0.15) is 52.4 Å². The van der Waals surface area contributed by atoms with Gasteiger partial charge in [-0.15, -0.1) is 0 Å². The zero-order chi connectivity index (χ0) is 19.7. The van der Waals surface area contributed by atoms with Crippen molar-refractivity contribution in [3.63, 3.8) is 0 Å². The molecule has 0 aromatic heterocycles. The molecule has 1 aliphatic carbocycles. The predicted molar refractivity (Wildman–Crippen MR) is 102 cm³/mol. The zero-order valence-corrected chi connectivity index (χ0v) is 17.3. The molecule has 0 saturated heterocycles. The van der Waals surface area contributed by atoms with Crippen LogP contribution in [-0.2, 0) is 29.0 Å². The van der Waals surface area contributed by atoms with Gasteiger partial charge in [-0.25, -0.2) is 13.2 Å². The number of esters is 1. The number of ether oxygens (including phenoxy) is 1. The molecule has 9 heteroatoms. The van der Waals surface area contributed by atoms with Gasteiger partial charge in [-0.05, 0) is 32.1 Å².